The SMILES string of the molecule is COP(=O)(/C=C1\CC(c2ccccc2)N(c2ccccc2)O1)OC. The minimum atomic E-state index is -3.28. The molecule has 5 nitrogen and oxygen atoms in total. The van der Waals surface area contributed by atoms with Gasteiger partial charge in [-0.1, -0.05) is 48.5 Å². The molecule has 0 aromatic heterocycles. The second-order valence-electron chi connectivity index (χ2n) is 5.38. The summed E-state index contributed by atoms with van der Waals surface area (Å²) in [5.41, 5.74) is 2.05. The largest absolute Gasteiger partial charge is 0.383 e. The van der Waals surface area contributed by atoms with Crippen LogP contribution < -0.4 is 5.06 Å². The first kappa shape index (κ1) is 16.8. The highest BCUT2D eigenvalue weighted by Crippen LogP contribution is 2.51. The van der Waals surface area contributed by atoms with Gasteiger partial charge < -0.3 is 13.9 Å². The van der Waals surface area contributed by atoms with Crippen LogP contribution in [-0.2, 0) is 18.5 Å². The molecule has 0 saturated carbocycles. The fraction of sp³-hybridized carbons (Fsp3) is 0.222. The van der Waals surface area contributed by atoms with Gasteiger partial charge in [-0.2, -0.15) is 0 Å². The topological polar surface area (TPSA) is 48.0 Å². The van der Waals surface area contributed by atoms with Crippen molar-refractivity contribution in [1.82, 2.24) is 0 Å². The van der Waals surface area contributed by atoms with Gasteiger partial charge in [-0.3, -0.25) is 4.57 Å². The molecule has 6 heteroatoms. The average Bonchev–Trinajstić information content (AvgIpc) is 3.06. The lowest BCUT2D eigenvalue weighted by molar-refractivity contribution is 0.212. The summed E-state index contributed by atoms with van der Waals surface area (Å²) in [6.07, 6.45) is 0.579. The molecular formula is C18H20NO4P. The van der Waals surface area contributed by atoms with Crippen molar-refractivity contribution in [2.75, 3.05) is 19.3 Å². The van der Waals surface area contributed by atoms with Gasteiger partial charge in [0.15, 0.2) is 0 Å². The molecule has 2 aromatic rings. The third-order valence-electron chi connectivity index (χ3n) is 3.90. The first-order valence-corrected chi connectivity index (χ1v) is 9.26. The van der Waals surface area contributed by atoms with Crippen molar-refractivity contribution in [1.29, 1.82) is 0 Å². The Morgan fingerprint density at radius 1 is 1.04 bits per heavy atom. The van der Waals surface area contributed by atoms with Gasteiger partial charge in [0.25, 0.3) is 0 Å². The molecule has 1 atom stereocenters. The fourth-order valence-corrected chi connectivity index (χ4v) is 3.53. The standard InChI is InChI=1S/C18H20NO4P/c1-21-24(20,22-2)14-17-13-18(15-9-5-3-6-10-15)19(23-17)16-11-7-4-8-12-16/h3-12,14,18H,13H2,1-2H3/b17-14+. The molecule has 0 amide bonds. The molecule has 0 aliphatic carbocycles. The van der Waals surface area contributed by atoms with Crippen LogP contribution >= 0.6 is 7.60 Å². The monoisotopic (exact) mass is 345 g/mol. The highest BCUT2D eigenvalue weighted by molar-refractivity contribution is 7.57. The van der Waals surface area contributed by atoms with Crippen LogP contribution in [0.25, 0.3) is 0 Å². The van der Waals surface area contributed by atoms with Crippen LogP contribution in [0.15, 0.2) is 72.2 Å². The van der Waals surface area contributed by atoms with E-state index < -0.39 is 7.60 Å². The quantitative estimate of drug-likeness (QED) is 0.722. The summed E-state index contributed by atoms with van der Waals surface area (Å²) in [7, 11) is -0.558. The first-order chi connectivity index (χ1) is 11.6. The Morgan fingerprint density at radius 3 is 2.21 bits per heavy atom. The Morgan fingerprint density at radius 2 is 1.62 bits per heavy atom. The molecule has 1 unspecified atom stereocenters. The Balaban J connectivity index is 1.96. The van der Waals surface area contributed by atoms with E-state index in [1.165, 1.54) is 20.0 Å². The molecular weight excluding hydrogens is 325 g/mol. The number of para-hydroxylation sites is 1. The van der Waals surface area contributed by atoms with Crippen LogP contribution in [0.2, 0.25) is 0 Å². The van der Waals surface area contributed by atoms with Crippen molar-refractivity contribution in [2.45, 2.75) is 12.5 Å². The van der Waals surface area contributed by atoms with E-state index in [9.17, 15) is 4.57 Å². The van der Waals surface area contributed by atoms with Crippen LogP contribution in [-0.4, -0.2) is 14.2 Å². The number of nitrogens with zero attached hydrogens (tertiary/aromatic N) is 1. The van der Waals surface area contributed by atoms with Gasteiger partial charge in [-0.05, 0) is 17.7 Å². The maximum atomic E-state index is 12.4. The van der Waals surface area contributed by atoms with E-state index in [-0.39, 0.29) is 6.04 Å². The van der Waals surface area contributed by atoms with E-state index in [0.29, 0.717) is 12.2 Å². The van der Waals surface area contributed by atoms with Crippen molar-refractivity contribution < 1.29 is 18.5 Å². The normalized spacial score (nSPS) is 19.5. The molecule has 1 aliphatic rings. The lowest BCUT2D eigenvalue weighted by Crippen LogP contribution is -2.20. The Bertz CT molecular complexity index is 691. The summed E-state index contributed by atoms with van der Waals surface area (Å²) >= 11 is 0. The van der Waals surface area contributed by atoms with E-state index >= 15 is 0 Å². The third-order valence-corrected chi connectivity index (χ3v) is 5.52. The Hall–Kier alpha value is -2.07. The smallest absolute Gasteiger partial charge is 0.357 e. The minimum absolute atomic E-state index is 0.0120. The van der Waals surface area contributed by atoms with Crippen LogP contribution in [0.4, 0.5) is 5.69 Å². The van der Waals surface area contributed by atoms with Crippen molar-refractivity contribution in [3.63, 3.8) is 0 Å². The lowest BCUT2D eigenvalue weighted by atomic mass is 10.0. The highest BCUT2D eigenvalue weighted by atomic mass is 31.2. The summed E-state index contributed by atoms with van der Waals surface area (Å²) in [6, 6.07) is 19.9. The van der Waals surface area contributed by atoms with Crippen LogP contribution in [0.3, 0.4) is 0 Å². The van der Waals surface area contributed by atoms with Gasteiger partial charge in [0, 0.05) is 20.6 Å². The number of rotatable bonds is 5. The molecule has 1 heterocycles. The predicted octanol–water partition coefficient (Wildman–Crippen LogP) is 4.90. The average molecular weight is 345 g/mol. The van der Waals surface area contributed by atoms with Gasteiger partial charge in [0.2, 0.25) is 0 Å². The number of hydroxylamine groups is 1. The zero-order chi connectivity index (χ0) is 17.0. The van der Waals surface area contributed by atoms with Gasteiger partial charge in [-0.25, -0.2) is 5.06 Å². The van der Waals surface area contributed by atoms with Crippen molar-refractivity contribution in [3.8, 4) is 0 Å². The fourth-order valence-electron chi connectivity index (χ4n) is 2.67. The summed E-state index contributed by atoms with van der Waals surface area (Å²) in [6.45, 7) is 0. The molecule has 1 aliphatic heterocycles. The van der Waals surface area contributed by atoms with E-state index in [1.54, 1.807) is 0 Å². The van der Waals surface area contributed by atoms with Crippen molar-refractivity contribution in [3.05, 3.63) is 77.8 Å². The van der Waals surface area contributed by atoms with Crippen molar-refractivity contribution in [2.24, 2.45) is 0 Å². The number of hydrogen-bond acceptors (Lipinski definition) is 5. The van der Waals surface area contributed by atoms with E-state index in [4.69, 9.17) is 13.9 Å². The maximum Gasteiger partial charge on any atom is 0.357 e. The van der Waals surface area contributed by atoms with Gasteiger partial charge >= 0.3 is 7.60 Å². The molecule has 2 aromatic carbocycles. The molecule has 1 saturated heterocycles. The summed E-state index contributed by atoms with van der Waals surface area (Å²) in [4.78, 5) is 5.98. The minimum Gasteiger partial charge on any atom is -0.383 e. The number of hydrogen-bond donors (Lipinski definition) is 0. The molecule has 0 radical (unpaired) electrons. The van der Waals surface area contributed by atoms with Gasteiger partial charge in [-0.15, -0.1) is 0 Å². The molecule has 0 spiro atoms. The van der Waals surface area contributed by atoms with Gasteiger partial charge in [0.1, 0.15) is 5.76 Å². The summed E-state index contributed by atoms with van der Waals surface area (Å²) < 4.78 is 22.4. The van der Waals surface area contributed by atoms with Crippen LogP contribution in [0.5, 0.6) is 0 Å². The lowest BCUT2D eigenvalue weighted by Gasteiger charge is -2.24. The highest BCUT2D eigenvalue weighted by Gasteiger charge is 2.34. The predicted molar refractivity (Wildman–Crippen MR) is 93.5 cm³/mol. The summed E-state index contributed by atoms with van der Waals surface area (Å²) in [5.74, 6) is 2.02. The third kappa shape index (κ3) is 3.54. The van der Waals surface area contributed by atoms with Gasteiger partial charge in [0.05, 0.1) is 17.5 Å². The number of benzene rings is 2. The second kappa shape index (κ2) is 7.22. The Labute approximate surface area is 142 Å². The zero-order valence-corrected chi connectivity index (χ0v) is 14.6. The molecule has 24 heavy (non-hydrogen) atoms. The van der Waals surface area contributed by atoms with E-state index in [1.807, 2.05) is 53.6 Å². The summed E-state index contributed by atoms with van der Waals surface area (Å²) in [5, 5.41) is 1.83. The van der Waals surface area contributed by atoms with Crippen LogP contribution in [0, 0.1) is 0 Å². The molecule has 1 fully saturated rings. The van der Waals surface area contributed by atoms with E-state index in [0.717, 1.165) is 11.3 Å². The molecule has 3 rings (SSSR count). The first-order valence-electron chi connectivity index (χ1n) is 7.65. The Kier molecular flexibility index (Phi) is 5.05. The maximum absolute atomic E-state index is 12.4. The molecule has 126 valence electrons. The second-order valence-corrected chi connectivity index (χ2v) is 7.45. The van der Waals surface area contributed by atoms with Crippen molar-refractivity contribution >= 4 is 13.3 Å². The van der Waals surface area contributed by atoms with Crippen LogP contribution in [0.1, 0.15) is 18.0 Å². The number of anilines is 1. The van der Waals surface area contributed by atoms with E-state index in [2.05, 4.69) is 12.1 Å². The zero-order valence-electron chi connectivity index (χ0n) is 13.7. The molecule has 0 bridgehead atoms. The molecule has 0 N–H and O–H groups in total.